The van der Waals surface area contributed by atoms with Crippen LogP contribution in [0.1, 0.15) is 51.0 Å². The summed E-state index contributed by atoms with van der Waals surface area (Å²) in [6, 6.07) is 5.84. The van der Waals surface area contributed by atoms with Gasteiger partial charge in [-0.25, -0.2) is 0 Å². The second kappa shape index (κ2) is 11.6. The van der Waals surface area contributed by atoms with Crippen LogP contribution in [0.5, 0.6) is 11.5 Å². The molecule has 0 radical (unpaired) electrons. The number of esters is 1. The first-order chi connectivity index (χ1) is 12.1. The molecule has 0 fully saturated rings. The van der Waals surface area contributed by atoms with Gasteiger partial charge in [0.15, 0.2) is 0 Å². The first kappa shape index (κ1) is 22.1. The lowest BCUT2D eigenvalue weighted by molar-refractivity contribution is -0.145. The fourth-order valence-corrected chi connectivity index (χ4v) is 2.84. The lowest BCUT2D eigenvalue weighted by Crippen LogP contribution is -2.26. The number of carbonyl (C=O) groups excluding carboxylic acids is 1. The average Bonchev–Trinajstić information content (AvgIpc) is 2.58. The molecule has 3 N–H and O–H groups in total. The Morgan fingerprint density at radius 2 is 2.15 bits per heavy atom. The molecule has 2 rings (SSSR count). The molecule has 0 bridgehead atoms. The summed E-state index contributed by atoms with van der Waals surface area (Å²) in [5.41, 5.74) is 6.45. The Balaban J connectivity index is 0.00000338. The molecule has 1 unspecified atom stereocenters. The number of rotatable bonds is 10. The number of nitrogens with one attached hydrogen (secondary N) is 1. The molecule has 0 aliphatic carbocycles. The second-order valence-corrected chi connectivity index (χ2v) is 6.24. The van der Waals surface area contributed by atoms with Gasteiger partial charge in [0.2, 0.25) is 0 Å². The molecule has 1 aromatic rings. The molecule has 146 valence electrons. The van der Waals surface area contributed by atoms with E-state index < -0.39 is 0 Å². The third kappa shape index (κ3) is 7.52. The van der Waals surface area contributed by atoms with E-state index in [0.29, 0.717) is 26.1 Å². The normalized spacial score (nSPS) is 15.2. The number of nitrogens with two attached hydrogens (primary N) is 1. The highest BCUT2D eigenvalue weighted by molar-refractivity contribution is 5.85. The SMILES string of the molecule is CCOC(=O)CC1CCc2cc(OCCCCCC(=N)N)ccc2O1.Cl. The van der Waals surface area contributed by atoms with Gasteiger partial charge in [0.1, 0.15) is 17.6 Å². The first-order valence-electron chi connectivity index (χ1n) is 8.99. The van der Waals surface area contributed by atoms with Crippen LogP contribution in [0.2, 0.25) is 0 Å². The van der Waals surface area contributed by atoms with Crippen LogP contribution in [-0.2, 0) is 16.0 Å². The molecule has 0 aromatic heterocycles. The molecule has 1 aliphatic heterocycles. The summed E-state index contributed by atoms with van der Waals surface area (Å²) in [7, 11) is 0. The summed E-state index contributed by atoms with van der Waals surface area (Å²) < 4.78 is 16.7. The van der Waals surface area contributed by atoms with Crippen LogP contribution in [0.4, 0.5) is 0 Å². The standard InChI is InChI=1S/C19H28N2O4.ClH/c1-2-23-19(22)13-16-8-7-14-12-15(9-10-17(14)25-16)24-11-5-3-4-6-18(20)21;/h9-10,12,16H,2-8,11,13H2,1H3,(H3,20,21);1H. The maximum Gasteiger partial charge on any atom is 0.309 e. The van der Waals surface area contributed by atoms with Gasteiger partial charge in [-0.05, 0) is 62.8 Å². The summed E-state index contributed by atoms with van der Waals surface area (Å²) in [6.45, 7) is 2.86. The van der Waals surface area contributed by atoms with E-state index in [4.69, 9.17) is 25.4 Å². The summed E-state index contributed by atoms with van der Waals surface area (Å²) >= 11 is 0. The molecule has 1 aliphatic rings. The van der Waals surface area contributed by atoms with Crippen molar-refractivity contribution in [3.8, 4) is 11.5 Å². The molecular weight excluding hydrogens is 356 g/mol. The van der Waals surface area contributed by atoms with Gasteiger partial charge < -0.3 is 19.9 Å². The molecule has 6 nitrogen and oxygen atoms in total. The minimum absolute atomic E-state index is 0. The van der Waals surface area contributed by atoms with E-state index in [0.717, 1.165) is 49.2 Å². The topological polar surface area (TPSA) is 94.6 Å². The number of hydrogen-bond acceptors (Lipinski definition) is 5. The molecule has 1 aromatic carbocycles. The number of fused-ring (bicyclic) bond motifs is 1. The van der Waals surface area contributed by atoms with E-state index >= 15 is 0 Å². The maximum absolute atomic E-state index is 11.6. The lowest BCUT2D eigenvalue weighted by atomic mass is 10.0. The van der Waals surface area contributed by atoms with Crippen molar-refractivity contribution in [1.82, 2.24) is 0 Å². The zero-order chi connectivity index (χ0) is 18.1. The van der Waals surface area contributed by atoms with Crippen molar-refractivity contribution in [3.05, 3.63) is 23.8 Å². The van der Waals surface area contributed by atoms with Gasteiger partial charge in [-0.1, -0.05) is 0 Å². The lowest BCUT2D eigenvalue weighted by Gasteiger charge is -2.26. The largest absolute Gasteiger partial charge is 0.494 e. The molecule has 0 spiro atoms. The Hall–Kier alpha value is -1.95. The van der Waals surface area contributed by atoms with Crippen LogP contribution >= 0.6 is 12.4 Å². The predicted molar refractivity (Wildman–Crippen MR) is 104 cm³/mol. The quantitative estimate of drug-likeness (QED) is 0.278. The Morgan fingerprint density at radius 3 is 2.88 bits per heavy atom. The minimum atomic E-state index is -0.208. The highest BCUT2D eigenvalue weighted by atomic mass is 35.5. The van der Waals surface area contributed by atoms with Crippen LogP contribution in [0, 0.1) is 5.41 Å². The number of hydrogen-bond donors (Lipinski definition) is 2. The third-order valence-electron chi connectivity index (χ3n) is 4.12. The summed E-state index contributed by atoms with van der Waals surface area (Å²) in [4.78, 5) is 11.6. The van der Waals surface area contributed by atoms with Crippen molar-refractivity contribution in [3.63, 3.8) is 0 Å². The fourth-order valence-electron chi connectivity index (χ4n) is 2.84. The van der Waals surface area contributed by atoms with Gasteiger partial charge >= 0.3 is 5.97 Å². The van der Waals surface area contributed by atoms with Crippen molar-refractivity contribution < 1.29 is 19.0 Å². The van der Waals surface area contributed by atoms with E-state index in [2.05, 4.69) is 0 Å². The Labute approximate surface area is 161 Å². The molecule has 1 atom stereocenters. The van der Waals surface area contributed by atoms with E-state index in [-0.39, 0.29) is 30.3 Å². The number of ether oxygens (including phenoxy) is 3. The van der Waals surface area contributed by atoms with Crippen molar-refractivity contribution in [2.75, 3.05) is 13.2 Å². The molecule has 0 amide bonds. The van der Waals surface area contributed by atoms with Gasteiger partial charge in [-0.15, -0.1) is 12.4 Å². The monoisotopic (exact) mass is 384 g/mol. The molecular formula is C19H29ClN2O4. The van der Waals surface area contributed by atoms with E-state index in [1.54, 1.807) is 6.92 Å². The van der Waals surface area contributed by atoms with Crippen LogP contribution in [0.25, 0.3) is 0 Å². The maximum atomic E-state index is 11.6. The smallest absolute Gasteiger partial charge is 0.309 e. The van der Waals surface area contributed by atoms with Gasteiger partial charge in [0.05, 0.1) is 25.5 Å². The first-order valence-corrected chi connectivity index (χ1v) is 8.99. The van der Waals surface area contributed by atoms with Crippen molar-refractivity contribution >= 4 is 24.2 Å². The summed E-state index contributed by atoms with van der Waals surface area (Å²) in [5, 5.41) is 7.18. The van der Waals surface area contributed by atoms with E-state index in [1.165, 1.54) is 0 Å². The summed E-state index contributed by atoms with van der Waals surface area (Å²) in [6.07, 6.45) is 5.40. The fraction of sp³-hybridized carbons (Fsp3) is 0.579. The van der Waals surface area contributed by atoms with Crippen molar-refractivity contribution in [2.45, 2.75) is 58.0 Å². The molecule has 0 saturated carbocycles. The van der Waals surface area contributed by atoms with Crippen molar-refractivity contribution in [1.29, 1.82) is 5.41 Å². The Bertz CT molecular complexity index is 595. The third-order valence-corrected chi connectivity index (χ3v) is 4.12. The van der Waals surface area contributed by atoms with E-state index in [9.17, 15) is 4.79 Å². The average molecular weight is 385 g/mol. The second-order valence-electron chi connectivity index (χ2n) is 6.24. The Kier molecular flexibility index (Phi) is 9.88. The number of carbonyl (C=O) groups is 1. The predicted octanol–water partition coefficient (Wildman–Crippen LogP) is 3.63. The van der Waals surface area contributed by atoms with Crippen LogP contribution in [-0.4, -0.2) is 31.1 Å². The highest BCUT2D eigenvalue weighted by Crippen LogP contribution is 2.32. The molecule has 1 heterocycles. The number of halogens is 1. The van der Waals surface area contributed by atoms with Crippen LogP contribution in [0.15, 0.2) is 18.2 Å². The molecule has 0 saturated heterocycles. The van der Waals surface area contributed by atoms with Gasteiger partial charge in [0, 0.05) is 6.42 Å². The van der Waals surface area contributed by atoms with Crippen molar-refractivity contribution in [2.24, 2.45) is 5.73 Å². The van der Waals surface area contributed by atoms with Gasteiger partial charge in [-0.2, -0.15) is 0 Å². The number of aryl methyl sites for hydroxylation is 1. The molecule has 7 heteroatoms. The zero-order valence-corrected chi connectivity index (χ0v) is 16.1. The Morgan fingerprint density at radius 1 is 1.35 bits per heavy atom. The summed E-state index contributed by atoms with van der Waals surface area (Å²) in [5.74, 6) is 1.71. The zero-order valence-electron chi connectivity index (χ0n) is 15.3. The van der Waals surface area contributed by atoms with Gasteiger partial charge in [-0.3, -0.25) is 10.2 Å². The van der Waals surface area contributed by atoms with Crippen LogP contribution in [0.3, 0.4) is 0 Å². The number of benzene rings is 1. The highest BCUT2D eigenvalue weighted by Gasteiger charge is 2.23. The minimum Gasteiger partial charge on any atom is -0.494 e. The van der Waals surface area contributed by atoms with Crippen LogP contribution < -0.4 is 15.2 Å². The van der Waals surface area contributed by atoms with Gasteiger partial charge in [0.25, 0.3) is 0 Å². The number of unbranched alkanes of at least 4 members (excludes halogenated alkanes) is 2. The molecule has 26 heavy (non-hydrogen) atoms. The number of amidine groups is 1. The van der Waals surface area contributed by atoms with E-state index in [1.807, 2.05) is 18.2 Å².